The van der Waals surface area contributed by atoms with Crippen molar-refractivity contribution in [2.24, 2.45) is 11.7 Å². The van der Waals surface area contributed by atoms with Crippen LogP contribution in [0.5, 0.6) is 0 Å². The number of nitrogens with two attached hydrogens (primary N) is 1. The Bertz CT molecular complexity index is 285. The van der Waals surface area contributed by atoms with E-state index in [1.807, 2.05) is 13.8 Å². The van der Waals surface area contributed by atoms with Crippen LogP contribution in [-0.4, -0.2) is 15.4 Å². The molecule has 0 aromatic carbocycles. The lowest BCUT2D eigenvalue weighted by Gasteiger charge is -2.09. The van der Waals surface area contributed by atoms with Crippen LogP contribution in [0.25, 0.3) is 0 Å². The van der Waals surface area contributed by atoms with Gasteiger partial charge in [-0.15, -0.1) is 10.2 Å². The predicted molar refractivity (Wildman–Crippen MR) is 57.1 cm³/mol. The number of aromatic nitrogens is 2. The van der Waals surface area contributed by atoms with Crippen molar-refractivity contribution in [3.05, 3.63) is 5.89 Å². The molecule has 0 saturated heterocycles. The Balaban J connectivity index is 2.67. The SMILES string of the molecule is CC(C)Sc1nnc([C@@H](N)C(C)C)o1. The van der Waals surface area contributed by atoms with Crippen LogP contribution in [0.3, 0.4) is 0 Å². The third kappa shape index (κ3) is 2.99. The normalized spacial score (nSPS) is 13.9. The predicted octanol–water partition coefficient (Wildman–Crippen LogP) is 2.23. The van der Waals surface area contributed by atoms with Crippen molar-refractivity contribution in [3.8, 4) is 0 Å². The summed E-state index contributed by atoms with van der Waals surface area (Å²) in [6, 6.07) is -0.163. The molecule has 0 fully saturated rings. The second-order valence-electron chi connectivity index (χ2n) is 3.84. The van der Waals surface area contributed by atoms with Gasteiger partial charge in [0.25, 0.3) is 5.22 Å². The van der Waals surface area contributed by atoms with Gasteiger partial charge in [0.15, 0.2) is 0 Å². The van der Waals surface area contributed by atoms with Crippen molar-refractivity contribution in [2.75, 3.05) is 0 Å². The summed E-state index contributed by atoms with van der Waals surface area (Å²) in [6.07, 6.45) is 0. The topological polar surface area (TPSA) is 64.9 Å². The average molecular weight is 215 g/mol. The largest absolute Gasteiger partial charge is 0.414 e. The van der Waals surface area contributed by atoms with E-state index in [-0.39, 0.29) is 6.04 Å². The Kier molecular flexibility index (Phi) is 3.95. The molecule has 14 heavy (non-hydrogen) atoms. The Hall–Kier alpha value is -0.550. The average Bonchev–Trinajstić information content (AvgIpc) is 2.50. The minimum atomic E-state index is -0.163. The molecule has 0 saturated carbocycles. The van der Waals surface area contributed by atoms with E-state index in [1.54, 1.807) is 11.8 Å². The maximum Gasteiger partial charge on any atom is 0.276 e. The molecule has 2 N–H and O–H groups in total. The van der Waals surface area contributed by atoms with E-state index >= 15 is 0 Å². The number of rotatable bonds is 4. The first-order chi connectivity index (χ1) is 6.50. The summed E-state index contributed by atoms with van der Waals surface area (Å²) in [5, 5.41) is 8.90. The molecule has 0 aliphatic rings. The van der Waals surface area contributed by atoms with E-state index in [2.05, 4.69) is 24.0 Å². The van der Waals surface area contributed by atoms with Crippen LogP contribution < -0.4 is 5.73 Å². The highest BCUT2D eigenvalue weighted by atomic mass is 32.2. The van der Waals surface area contributed by atoms with Gasteiger partial charge in [0.2, 0.25) is 5.89 Å². The number of nitrogens with zero attached hydrogens (tertiary/aromatic N) is 2. The fraction of sp³-hybridized carbons (Fsp3) is 0.778. The molecule has 1 heterocycles. The summed E-state index contributed by atoms with van der Waals surface area (Å²) in [6.45, 7) is 8.22. The highest BCUT2D eigenvalue weighted by molar-refractivity contribution is 7.99. The fourth-order valence-electron chi connectivity index (χ4n) is 0.890. The lowest BCUT2D eigenvalue weighted by atomic mass is 10.1. The van der Waals surface area contributed by atoms with Gasteiger partial charge >= 0.3 is 0 Å². The third-order valence-corrected chi connectivity index (χ3v) is 2.60. The third-order valence-electron chi connectivity index (χ3n) is 1.76. The van der Waals surface area contributed by atoms with E-state index in [0.717, 1.165) is 0 Å². The summed E-state index contributed by atoms with van der Waals surface area (Å²) in [7, 11) is 0. The number of thioether (sulfide) groups is 1. The van der Waals surface area contributed by atoms with Crippen LogP contribution in [0, 0.1) is 5.92 Å². The van der Waals surface area contributed by atoms with Crippen LogP contribution in [0.4, 0.5) is 0 Å². The first-order valence-corrected chi connectivity index (χ1v) is 5.64. The first-order valence-electron chi connectivity index (χ1n) is 4.76. The maximum atomic E-state index is 5.88. The van der Waals surface area contributed by atoms with Gasteiger partial charge in [-0.1, -0.05) is 39.5 Å². The van der Waals surface area contributed by atoms with Gasteiger partial charge < -0.3 is 10.2 Å². The van der Waals surface area contributed by atoms with Crippen molar-refractivity contribution in [1.82, 2.24) is 10.2 Å². The summed E-state index contributed by atoms with van der Waals surface area (Å²) < 4.78 is 5.43. The van der Waals surface area contributed by atoms with Crippen molar-refractivity contribution >= 4 is 11.8 Å². The fourth-order valence-corrected chi connectivity index (χ4v) is 1.51. The second-order valence-corrected chi connectivity index (χ2v) is 5.37. The quantitative estimate of drug-likeness (QED) is 0.780. The molecule has 1 aromatic rings. The zero-order chi connectivity index (χ0) is 10.7. The monoisotopic (exact) mass is 215 g/mol. The Morgan fingerprint density at radius 1 is 1.21 bits per heavy atom. The molecule has 0 unspecified atom stereocenters. The van der Waals surface area contributed by atoms with Crippen LogP contribution >= 0.6 is 11.8 Å². The molecule has 0 amide bonds. The molecular formula is C9H17N3OS. The van der Waals surface area contributed by atoms with E-state index in [1.165, 1.54) is 0 Å². The number of hydrogen-bond acceptors (Lipinski definition) is 5. The molecule has 0 radical (unpaired) electrons. The van der Waals surface area contributed by atoms with Crippen molar-refractivity contribution in [3.63, 3.8) is 0 Å². The van der Waals surface area contributed by atoms with E-state index in [4.69, 9.17) is 10.2 Å². The van der Waals surface area contributed by atoms with Gasteiger partial charge in [0.1, 0.15) is 0 Å². The Morgan fingerprint density at radius 3 is 2.36 bits per heavy atom. The molecule has 1 aromatic heterocycles. The highest BCUT2D eigenvalue weighted by Crippen LogP contribution is 2.24. The molecule has 0 bridgehead atoms. The van der Waals surface area contributed by atoms with Gasteiger partial charge in [-0.05, 0) is 5.92 Å². The minimum Gasteiger partial charge on any atom is -0.414 e. The standard InChI is InChI=1S/C9H17N3OS/c1-5(2)7(10)8-11-12-9(13-8)14-6(3)4/h5-7H,10H2,1-4H3/t7-/m0/s1. The van der Waals surface area contributed by atoms with Gasteiger partial charge in [0.05, 0.1) is 6.04 Å². The maximum absolute atomic E-state index is 5.88. The summed E-state index contributed by atoms with van der Waals surface area (Å²) in [5.74, 6) is 0.843. The lowest BCUT2D eigenvalue weighted by molar-refractivity contribution is 0.349. The second kappa shape index (κ2) is 4.79. The molecule has 0 aliphatic carbocycles. The zero-order valence-corrected chi connectivity index (χ0v) is 9.84. The Morgan fingerprint density at radius 2 is 1.86 bits per heavy atom. The van der Waals surface area contributed by atoms with Gasteiger partial charge in [-0.25, -0.2) is 0 Å². The smallest absolute Gasteiger partial charge is 0.276 e. The van der Waals surface area contributed by atoms with E-state index in [0.29, 0.717) is 22.3 Å². The Labute approximate surface area is 88.7 Å². The van der Waals surface area contributed by atoms with E-state index < -0.39 is 0 Å². The first kappa shape index (κ1) is 11.5. The molecule has 1 atom stereocenters. The molecule has 1 rings (SSSR count). The van der Waals surface area contributed by atoms with Gasteiger partial charge in [-0.3, -0.25) is 0 Å². The highest BCUT2D eigenvalue weighted by Gasteiger charge is 2.18. The minimum absolute atomic E-state index is 0.163. The summed E-state index contributed by atoms with van der Waals surface area (Å²) in [5.41, 5.74) is 5.88. The van der Waals surface area contributed by atoms with Crippen LogP contribution in [0.1, 0.15) is 39.6 Å². The summed E-state index contributed by atoms with van der Waals surface area (Å²) in [4.78, 5) is 0. The van der Waals surface area contributed by atoms with Crippen LogP contribution in [-0.2, 0) is 0 Å². The van der Waals surface area contributed by atoms with Crippen LogP contribution in [0.15, 0.2) is 9.64 Å². The molecule has 80 valence electrons. The van der Waals surface area contributed by atoms with Crippen molar-refractivity contribution in [1.29, 1.82) is 0 Å². The summed E-state index contributed by atoms with van der Waals surface area (Å²) >= 11 is 1.55. The van der Waals surface area contributed by atoms with Gasteiger partial charge in [0, 0.05) is 5.25 Å². The van der Waals surface area contributed by atoms with Crippen molar-refractivity contribution < 1.29 is 4.42 Å². The molecule has 4 nitrogen and oxygen atoms in total. The molecule has 0 spiro atoms. The number of hydrogen-bond donors (Lipinski definition) is 1. The molecular weight excluding hydrogens is 198 g/mol. The zero-order valence-electron chi connectivity index (χ0n) is 9.02. The molecule has 5 heteroatoms. The van der Waals surface area contributed by atoms with Crippen LogP contribution in [0.2, 0.25) is 0 Å². The van der Waals surface area contributed by atoms with Crippen molar-refractivity contribution in [2.45, 2.75) is 44.2 Å². The lowest BCUT2D eigenvalue weighted by Crippen LogP contribution is -2.16. The van der Waals surface area contributed by atoms with E-state index in [9.17, 15) is 0 Å². The molecule has 0 aliphatic heterocycles. The van der Waals surface area contributed by atoms with Gasteiger partial charge in [-0.2, -0.15) is 0 Å².